The average molecular weight is 331 g/mol. The molecule has 5 nitrogen and oxygen atoms in total. The van der Waals surface area contributed by atoms with Gasteiger partial charge >= 0.3 is 6.03 Å². The highest BCUT2D eigenvalue weighted by Gasteiger charge is 2.10. The number of rotatable bonds is 6. The first kappa shape index (κ1) is 15.8. The highest BCUT2D eigenvalue weighted by molar-refractivity contribution is 9.10. The van der Waals surface area contributed by atoms with Crippen molar-refractivity contribution in [2.75, 3.05) is 20.3 Å². The van der Waals surface area contributed by atoms with E-state index in [1.54, 1.807) is 7.11 Å². The lowest BCUT2D eigenvalue weighted by molar-refractivity contribution is 0.235. The van der Waals surface area contributed by atoms with E-state index in [-0.39, 0.29) is 18.7 Å². The fourth-order valence-corrected chi connectivity index (χ4v) is 2.12. The van der Waals surface area contributed by atoms with Crippen LogP contribution in [0.3, 0.4) is 0 Å². The molecule has 0 aliphatic carbocycles. The number of methoxy groups -OCH3 is 1. The predicted molar refractivity (Wildman–Crippen MR) is 77.3 cm³/mol. The topological polar surface area (TPSA) is 70.6 Å². The van der Waals surface area contributed by atoms with Gasteiger partial charge in [-0.2, -0.15) is 0 Å². The summed E-state index contributed by atoms with van der Waals surface area (Å²) in [4.78, 5) is 11.6. The molecule has 1 aromatic rings. The summed E-state index contributed by atoms with van der Waals surface area (Å²) < 4.78 is 6.00. The molecule has 0 bridgehead atoms. The maximum Gasteiger partial charge on any atom is 0.315 e. The van der Waals surface area contributed by atoms with Crippen LogP contribution in [-0.2, 0) is 0 Å². The van der Waals surface area contributed by atoms with E-state index in [9.17, 15) is 4.79 Å². The van der Waals surface area contributed by atoms with E-state index in [2.05, 4.69) is 26.6 Å². The van der Waals surface area contributed by atoms with Crippen molar-refractivity contribution in [3.05, 3.63) is 28.2 Å². The molecule has 1 atom stereocenters. The second-order valence-electron chi connectivity index (χ2n) is 4.09. The maximum atomic E-state index is 11.6. The van der Waals surface area contributed by atoms with Gasteiger partial charge in [0.15, 0.2) is 0 Å². The standard InChI is InChI=1S/C13H19BrN2O3/c1-9(16-13(18)15-6-3-7-17)10-4-5-12(19-2)11(14)8-10/h4-5,8-9,17H,3,6-7H2,1-2H3,(H2,15,16,18). The largest absolute Gasteiger partial charge is 0.496 e. The molecule has 19 heavy (non-hydrogen) atoms. The fraction of sp³-hybridized carbons (Fsp3) is 0.462. The Morgan fingerprint density at radius 1 is 1.53 bits per heavy atom. The Morgan fingerprint density at radius 3 is 2.84 bits per heavy atom. The van der Waals surface area contributed by atoms with E-state index in [4.69, 9.17) is 9.84 Å². The Labute approximate surface area is 121 Å². The van der Waals surface area contributed by atoms with Crippen LogP contribution in [0, 0.1) is 0 Å². The maximum absolute atomic E-state index is 11.6. The lowest BCUT2D eigenvalue weighted by Gasteiger charge is -2.16. The summed E-state index contributed by atoms with van der Waals surface area (Å²) in [7, 11) is 1.61. The van der Waals surface area contributed by atoms with Crippen LogP contribution in [0.5, 0.6) is 5.75 Å². The summed E-state index contributed by atoms with van der Waals surface area (Å²) in [5.74, 6) is 0.753. The zero-order valence-electron chi connectivity index (χ0n) is 11.1. The Balaban J connectivity index is 2.55. The third kappa shape index (κ3) is 5.08. The highest BCUT2D eigenvalue weighted by Crippen LogP contribution is 2.27. The first-order valence-electron chi connectivity index (χ1n) is 6.07. The van der Waals surface area contributed by atoms with Gasteiger partial charge in [0, 0.05) is 13.2 Å². The number of ether oxygens (including phenoxy) is 1. The zero-order chi connectivity index (χ0) is 14.3. The normalized spacial score (nSPS) is 11.8. The Bertz CT molecular complexity index is 426. The zero-order valence-corrected chi connectivity index (χ0v) is 12.7. The predicted octanol–water partition coefficient (Wildman–Crippen LogP) is 2.20. The van der Waals surface area contributed by atoms with Crippen LogP contribution in [0.2, 0.25) is 0 Å². The molecule has 6 heteroatoms. The molecular formula is C13H19BrN2O3. The fourth-order valence-electron chi connectivity index (χ4n) is 1.56. The lowest BCUT2D eigenvalue weighted by atomic mass is 10.1. The molecule has 1 aromatic carbocycles. The molecule has 0 saturated carbocycles. The molecule has 0 spiro atoms. The molecule has 1 rings (SSSR count). The van der Waals surface area contributed by atoms with Crippen molar-refractivity contribution >= 4 is 22.0 Å². The van der Waals surface area contributed by atoms with Crippen molar-refractivity contribution < 1.29 is 14.6 Å². The van der Waals surface area contributed by atoms with Crippen molar-refractivity contribution in [1.82, 2.24) is 10.6 Å². The van der Waals surface area contributed by atoms with Crippen LogP contribution in [0.25, 0.3) is 0 Å². The summed E-state index contributed by atoms with van der Waals surface area (Å²) in [5, 5.41) is 14.1. The molecule has 106 valence electrons. The van der Waals surface area contributed by atoms with Gasteiger partial charge in [-0.15, -0.1) is 0 Å². The summed E-state index contributed by atoms with van der Waals surface area (Å²) in [6.07, 6.45) is 0.551. The Hall–Kier alpha value is -1.27. The van der Waals surface area contributed by atoms with Gasteiger partial charge < -0.3 is 20.5 Å². The molecule has 2 amide bonds. The summed E-state index contributed by atoms with van der Waals surface area (Å²) in [5.41, 5.74) is 0.977. The number of aliphatic hydroxyl groups excluding tert-OH is 1. The number of halogens is 1. The molecule has 0 aliphatic heterocycles. The second kappa shape index (κ2) is 8.01. The van der Waals surface area contributed by atoms with Gasteiger partial charge in [0.25, 0.3) is 0 Å². The van der Waals surface area contributed by atoms with Gasteiger partial charge in [-0.3, -0.25) is 0 Å². The number of benzene rings is 1. The van der Waals surface area contributed by atoms with Crippen LogP contribution >= 0.6 is 15.9 Å². The summed E-state index contributed by atoms with van der Waals surface area (Å²) >= 11 is 3.41. The van der Waals surface area contributed by atoms with E-state index in [1.807, 2.05) is 25.1 Å². The molecule has 0 radical (unpaired) electrons. The van der Waals surface area contributed by atoms with Crippen LogP contribution < -0.4 is 15.4 Å². The van der Waals surface area contributed by atoms with Crippen LogP contribution in [-0.4, -0.2) is 31.4 Å². The third-order valence-corrected chi connectivity index (χ3v) is 3.26. The number of aliphatic hydroxyl groups is 1. The number of urea groups is 1. The van der Waals surface area contributed by atoms with E-state index in [0.717, 1.165) is 15.8 Å². The quantitative estimate of drug-likeness (QED) is 0.700. The SMILES string of the molecule is COc1ccc(C(C)NC(=O)NCCCO)cc1Br. The summed E-state index contributed by atoms with van der Waals surface area (Å²) in [6, 6.07) is 5.31. The molecule has 0 fully saturated rings. The van der Waals surface area contributed by atoms with Gasteiger partial charge in [0.05, 0.1) is 17.6 Å². The molecule has 0 heterocycles. The van der Waals surface area contributed by atoms with Crippen LogP contribution in [0.4, 0.5) is 4.79 Å². The average Bonchev–Trinajstić information content (AvgIpc) is 2.38. The lowest BCUT2D eigenvalue weighted by Crippen LogP contribution is -2.37. The van der Waals surface area contributed by atoms with Crippen LogP contribution in [0.1, 0.15) is 24.9 Å². The highest BCUT2D eigenvalue weighted by atomic mass is 79.9. The number of nitrogens with one attached hydrogen (secondary N) is 2. The Kier molecular flexibility index (Phi) is 6.66. The first-order chi connectivity index (χ1) is 9.08. The smallest absolute Gasteiger partial charge is 0.315 e. The molecule has 3 N–H and O–H groups in total. The summed E-state index contributed by atoms with van der Waals surface area (Å²) in [6.45, 7) is 2.43. The van der Waals surface area contributed by atoms with E-state index in [1.165, 1.54) is 0 Å². The third-order valence-electron chi connectivity index (χ3n) is 2.64. The van der Waals surface area contributed by atoms with Crippen molar-refractivity contribution in [3.63, 3.8) is 0 Å². The van der Waals surface area contributed by atoms with Crippen molar-refractivity contribution in [1.29, 1.82) is 0 Å². The number of carbonyl (C=O) groups excluding carboxylic acids is 1. The molecule has 0 aliphatic rings. The number of hydrogen-bond acceptors (Lipinski definition) is 3. The molecule has 0 aromatic heterocycles. The van der Waals surface area contributed by atoms with Crippen molar-refractivity contribution in [2.45, 2.75) is 19.4 Å². The van der Waals surface area contributed by atoms with Gasteiger partial charge in [-0.05, 0) is 47.0 Å². The van der Waals surface area contributed by atoms with Crippen LogP contribution in [0.15, 0.2) is 22.7 Å². The Morgan fingerprint density at radius 2 is 2.26 bits per heavy atom. The van der Waals surface area contributed by atoms with Gasteiger partial charge in [0.1, 0.15) is 5.75 Å². The molecular weight excluding hydrogens is 312 g/mol. The monoisotopic (exact) mass is 330 g/mol. The van der Waals surface area contributed by atoms with E-state index in [0.29, 0.717) is 13.0 Å². The van der Waals surface area contributed by atoms with Crippen molar-refractivity contribution in [3.8, 4) is 5.75 Å². The van der Waals surface area contributed by atoms with Gasteiger partial charge in [-0.25, -0.2) is 4.79 Å². The van der Waals surface area contributed by atoms with Gasteiger partial charge in [0.2, 0.25) is 0 Å². The first-order valence-corrected chi connectivity index (χ1v) is 6.86. The minimum atomic E-state index is -0.243. The molecule has 0 saturated heterocycles. The second-order valence-corrected chi connectivity index (χ2v) is 4.95. The van der Waals surface area contributed by atoms with Crippen molar-refractivity contribution in [2.24, 2.45) is 0 Å². The van der Waals surface area contributed by atoms with E-state index >= 15 is 0 Å². The number of carbonyl (C=O) groups is 1. The number of amides is 2. The van der Waals surface area contributed by atoms with Gasteiger partial charge in [-0.1, -0.05) is 6.07 Å². The van der Waals surface area contributed by atoms with E-state index < -0.39 is 0 Å². The minimum absolute atomic E-state index is 0.0707. The minimum Gasteiger partial charge on any atom is -0.496 e. The molecule has 1 unspecified atom stereocenters. The number of hydrogen-bond donors (Lipinski definition) is 3.